The van der Waals surface area contributed by atoms with Gasteiger partial charge in [-0.1, -0.05) is 19.1 Å². The lowest BCUT2D eigenvalue weighted by atomic mass is 10.2. The lowest BCUT2D eigenvalue weighted by Crippen LogP contribution is -2.07. The van der Waals surface area contributed by atoms with Crippen LogP contribution >= 0.6 is 0 Å². The molecule has 0 aliphatic rings. The van der Waals surface area contributed by atoms with Crippen molar-refractivity contribution in [1.29, 1.82) is 0 Å². The van der Waals surface area contributed by atoms with E-state index in [9.17, 15) is 0 Å². The monoisotopic (exact) mass is 177 g/mol. The van der Waals surface area contributed by atoms with Crippen LogP contribution in [0.25, 0.3) is 5.70 Å². The maximum absolute atomic E-state index is 5.86. The Balaban J connectivity index is 2.94. The molecule has 0 radical (unpaired) electrons. The smallest absolute Gasteiger partial charge is 0.0828 e. The average molecular weight is 177 g/mol. The minimum atomic E-state index is 0.772. The van der Waals surface area contributed by atoms with Crippen LogP contribution in [0, 0.1) is 0 Å². The zero-order chi connectivity index (χ0) is 9.68. The molecule has 0 aliphatic heterocycles. The summed E-state index contributed by atoms with van der Waals surface area (Å²) in [6.07, 6.45) is 8.49. The molecule has 0 amide bonds. The van der Waals surface area contributed by atoms with Crippen molar-refractivity contribution in [1.82, 2.24) is 9.78 Å². The normalized spacial score (nSPS) is 13.4. The van der Waals surface area contributed by atoms with Crippen LogP contribution in [0.4, 0.5) is 0 Å². The van der Waals surface area contributed by atoms with Crippen molar-refractivity contribution in [3.05, 3.63) is 36.3 Å². The van der Waals surface area contributed by atoms with Gasteiger partial charge in [0.2, 0.25) is 0 Å². The number of allylic oxidation sites excluding steroid dienone is 3. The second kappa shape index (κ2) is 4.50. The Kier molecular flexibility index (Phi) is 3.31. The summed E-state index contributed by atoms with van der Waals surface area (Å²) in [6.45, 7) is 4.01. The van der Waals surface area contributed by atoms with E-state index in [0.29, 0.717) is 0 Å². The summed E-state index contributed by atoms with van der Waals surface area (Å²) in [6, 6.07) is 1.88. The first-order valence-electron chi connectivity index (χ1n) is 4.42. The summed E-state index contributed by atoms with van der Waals surface area (Å²) in [5, 5.41) is 4.12. The van der Waals surface area contributed by atoms with Crippen LogP contribution in [-0.2, 0) is 0 Å². The predicted molar refractivity (Wildman–Crippen MR) is 54.7 cm³/mol. The minimum absolute atomic E-state index is 0.772. The molecule has 1 rings (SSSR count). The molecule has 70 valence electrons. The van der Waals surface area contributed by atoms with E-state index >= 15 is 0 Å². The van der Waals surface area contributed by atoms with Crippen molar-refractivity contribution >= 4 is 5.70 Å². The first-order chi connectivity index (χ1) is 6.29. The van der Waals surface area contributed by atoms with Gasteiger partial charge in [0.1, 0.15) is 0 Å². The second-order valence-electron chi connectivity index (χ2n) is 2.69. The van der Waals surface area contributed by atoms with E-state index in [-0.39, 0.29) is 0 Å². The fourth-order valence-electron chi connectivity index (χ4n) is 1.17. The van der Waals surface area contributed by atoms with E-state index in [1.165, 1.54) is 0 Å². The van der Waals surface area contributed by atoms with Crippen LogP contribution in [0.3, 0.4) is 0 Å². The van der Waals surface area contributed by atoms with E-state index < -0.39 is 0 Å². The van der Waals surface area contributed by atoms with Crippen molar-refractivity contribution in [3.8, 4) is 0 Å². The van der Waals surface area contributed by atoms with Crippen LogP contribution in [0.1, 0.15) is 20.3 Å². The van der Waals surface area contributed by atoms with E-state index in [1.807, 2.05) is 31.3 Å². The number of rotatable bonds is 3. The summed E-state index contributed by atoms with van der Waals surface area (Å²) in [7, 11) is 0. The first kappa shape index (κ1) is 9.58. The van der Waals surface area contributed by atoms with Gasteiger partial charge in [-0.05, 0) is 19.4 Å². The summed E-state index contributed by atoms with van der Waals surface area (Å²) >= 11 is 0. The average Bonchev–Trinajstić information content (AvgIpc) is 2.59. The SMILES string of the molecule is C/C=C(\C(N)=C/CC)n1cccn1. The third-order valence-corrected chi connectivity index (χ3v) is 1.74. The standard InChI is InChI=1S/C10H15N3/c1-3-6-9(11)10(4-2)13-8-5-7-12-13/h4-8H,3,11H2,1-2H3/b9-6+,10-4+. The minimum Gasteiger partial charge on any atom is -0.397 e. The molecular weight excluding hydrogens is 162 g/mol. The van der Waals surface area contributed by atoms with E-state index in [1.54, 1.807) is 10.9 Å². The van der Waals surface area contributed by atoms with Gasteiger partial charge in [0.05, 0.1) is 11.4 Å². The molecule has 2 N–H and O–H groups in total. The van der Waals surface area contributed by atoms with Crippen LogP contribution in [0.15, 0.2) is 36.3 Å². The van der Waals surface area contributed by atoms with Gasteiger partial charge in [-0.25, -0.2) is 4.68 Å². The fraction of sp³-hybridized carbons (Fsp3) is 0.300. The largest absolute Gasteiger partial charge is 0.397 e. The highest BCUT2D eigenvalue weighted by molar-refractivity contribution is 5.61. The van der Waals surface area contributed by atoms with Gasteiger partial charge < -0.3 is 5.73 Å². The topological polar surface area (TPSA) is 43.8 Å². The molecule has 0 saturated carbocycles. The molecule has 1 aromatic rings. The lowest BCUT2D eigenvalue weighted by molar-refractivity contribution is 0.893. The number of hydrogen-bond donors (Lipinski definition) is 1. The van der Waals surface area contributed by atoms with Gasteiger partial charge in [0.25, 0.3) is 0 Å². The molecule has 0 aromatic carbocycles. The highest BCUT2D eigenvalue weighted by atomic mass is 15.3. The molecule has 0 bridgehead atoms. The van der Waals surface area contributed by atoms with Gasteiger partial charge in [-0.15, -0.1) is 0 Å². The van der Waals surface area contributed by atoms with Crippen molar-refractivity contribution in [2.45, 2.75) is 20.3 Å². The zero-order valence-electron chi connectivity index (χ0n) is 8.07. The van der Waals surface area contributed by atoms with Crippen LogP contribution in [0.5, 0.6) is 0 Å². The van der Waals surface area contributed by atoms with Crippen LogP contribution < -0.4 is 5.73 Å². The quantitative estimate of drug-likeness (QED) is 0.717. The third-order valence-electron chi connectivity index (χ3n) is 1.74. The first-order valence-corrected chi connectivity index (χ1v) is 4.42. The predicted octanol–water partition coefficient (Wildman–Crippen LogP) is 2.00. The third kappa shape index (κ3) is 2.21. The molecule has 0 unspecified atom stereocenters. The van der Waals surface area contributed by atoms with Gasteiger partial charge in [0.15, 0.2) is 0 Å². The molecule has 0 atom stereocenters. The molecule has 3 heteroatoms. The fourth-order valence-corrected chi connectivity index (χ4v) is 1.17. The van der Waals surface area contributed by atoms with E-state index in [4.69, 9.17) is 5.73 Å². The molecule has 1 heterocycles. The van der Waals surface area contributed by atoms with Crippen molar-refractivity contribution in [2.75, 3.05) is 0 Å². The Morgan fingerprint density at radius 1 is 1.62 bits per heavy atom. The molecule has 0 aliphatic carbocycles. The van der Waals surface area contributed by atoms with E-state index in [2.05, 4.69) is 12.0 Å². The molecule has 0 saturated heterocycles. The number of nitrogens with two attached hydrogens (primary N) is 1. The molecule has 3 nitrogen and oxygen atoms in total. The number of aromatic nitrogens is 2. The van der Waals surface area contributed by atoms with Gasteiger partial charge >= 0.3 is 0 Å². The van der Waals surface area contributed by atoms with Crippen molar-refractivity contribution in [2.24, 2.45) is 5.73 Å². The Bertz CT molecular complexity index is 307. The number of nitrogens with zero attached hydrogens (tertiary/aromatic N) is 2. The maximum Gasteiger partial charge on any atom is 0.0828 e. The summed E-state index contributed by atoms with van der Waals surface area (Å²) < 4.78 is 1.77. The van der Waals surface area contributed by atoms with Crippen molar-refractivity contribution < 1.29 is 0 Å². The Hall–Kier alpha value is -1.51. The Morgan fingerprint density at radius 3 is 2.85 bits per heavy atom. The van der Waals surface area contributed by atoms with Gasteiger partial charge in [-0.3, -0.25) is 0 Å². The molecule has 13 heavy (non-hydrogen) atoms. The van der Waals surface area contributed by atoms with E-state index in [0.717, 1.165) is 17.8 Å². The molecular formula is C10H15N3. The second-order valence-corrected chi connectivity index (χ2v) is 2.69. The molecule has 0 spiro atoms. The maximum atomic E-state index is 5.86. The highest BCUT2D eigenvalue weighted by Gasteiger charge is 2.00. The van der Waals surface area contributed by atoms with Gasteiger partial charge in [0, 0.05) is 12.4 Å². The molecule has 0 fully saturated rings. The Labute approximate surface area is 78.6 Å². The van der Waals surface area contributed by atoms with Crippen molar-refractivity contribution in [3.63, 3.8) is 0 Å². The molecule has 1 aromatic heterocycles. The zero-order valence-corrected chi connectivity index (χ0v) is 8.07. The lowest BCUT2D eigenvalue weighted by Gasteiger charge is -2.06. The number of hydrogen-bond acceptors (Lipinski definition) is 2. The Morgan fingerprint density at radius 2 is 2.38 bits per heavy atom. The summed E-state index contributed by atoms with van der Waals surface area (Å²) in [4.78, 5) is 0. The highest BCUT2D eigenvalue weighted by Crippen LogP contribution is 2.10. The van der Waals surface area contributed by atoms with Crippen LogP contribution in [-0.4, -0.2) is 9.78 Å². The summed E-state index contributed by atoms with van der Waals surface area (Å²) in [5.41, 5.74) is 7.57. The van der Waals surface area contributed by atoms with Crippen LogP contribution in [0.2, 0.25) is 0 Å². The summed E-state index contributed by atoms with van der Waals surface area (Å²) in [5.74, 6) is 0. The van der Waals surface area contributed by atoms with Gasteiger partial charge in [-0.2, -0.15) is 5.10 Å².